The summed E-state index contributed by atoms with van der Waals surface area (Å²) in [5.74, 6) is -0.685. The first kappa shape index (κ1) is 19.3. The zero-order valence-corrected chi connectivity index (χ0v) is 16.8. The number of carbonyl (C=O) groups is 1. The topological polar surface area (TPSA) is 66.9 Å². The lowest BCUT2D eigenvalue weighted by molar-refractivity contribution is 0.0894. The summed E-state index contributed by atoms with van der Waals surface area (Å²) in [6.07, 6.45) is 5.14. The molecule has 1 aliphatic carbocycles. The molecule has 4 aromatic rings. The summed E-state index contributed by atoms with van der Waals surface area (Å²) in [5, 5.41) is 7.47. The number of carbonyl (C=O) groups excluding carboxylic acids is 1. The number of benzene rings is 3. The highest BCUT2D eigenvalue weighted by atomic mass is 19.1. The molecule has 0 spiro atoms. The summed E-state index contributed by atoms with van der Waals surface area (Å²) in [4.78, 5) is 21.7. The monoisotopic (exact) mass is 412 g/mol. The number of nitrogens with zero attached hydrogens (tertiary/aromatic N) is 2. The van der Waals surface area contributed by atoms with Gasteiger partial charge in [-0.1, -0.05) is 42.5 Å². The van der Waals surface area contributed by atoms with Crippen LogP contribution in [0.4, 0.5) is 4.39 Å². The molecule has 154 valence electrons. The largest absolute Gasteiger partial charge is 0.326 e. The van der Waals surface area contributed by atoms with Crippen LogP contribution in [0.25, 0.3) is 10.9 Å². The second-order valence-electron chi connectivity index (χ2n) is 7.76. The maximum absolute atomic E-state index is 15.2. The summed E-state index contributed by atoms with van der Waals surface area (Å²) in [6, 6.07) is 21.3. The predicted octanol–water partition coefficient (Wildman–Crippen LogP) is 4.15. The van der Waals surface area contributed by atoms with Gasteiger partial charge in [-0.2, -0.15) is 0 Å². The van der Waals surface area contributed by atoms with Crippen molar-refractivity contribution < 1.29 is 9.18 Å². The maximum atomic E-state index is 15.2. The van der Waals surface area contributed by atoms with Crippen molar-refractivity contribution in [3.05, 3.63) is 108 Å². The van der Waals surface area contributed by atoms with Crippen molar-refractivity contribution in [1.29, 1.82) is 0 Å². The number of amides is 1. The summed E-state index contributed by atoms with van der Waals surface area (Å²) in [5.41, 5.74) is 1.12. The van der Waals surface area contributed by atoms with Gasteiger partial charge in [-0.25, -0.2) is 14.4 Å². The summed E-state index contributed by atoms with van der Waals surface area (Å²) >= 11 is 0. The van der Waals surface area contributed by atoms with Gasteiger partial charge in [0.15, 0.2) is 0 Å². The third kappa shape index (κ3) is 3.78. The van der Waals surface area contributed by atoms with Crippen molar-refractivity contribution in [2.75, 3.05) is 0 Å². The van der Waals surface area contributed by atoms with Gasteiger partial charge in [-0.3, -0.25) is 10.1 Å². The number of hydrogen-bond donors (Lipinski definition) is 2. The van der Waals surface area contributed by atoms with Crippen molar-refractivity contribution in [3.63, 3.8) is 0 Å². The zero-order valence-electron chi connectivity index (χ0n) is 16.8. The molecule has 1 fully saturated rings. The Balaban J connectivity index is 1.70. The number of halogens is 1. The minimum atomic E-state index is -1.25. The van der Waals surface area contributed by atoms with Crippen LogP contribution in [0.15, 0.2) is 85.3 Å². The van der Waals surface area contributed by atoms with Crippen molar-refractivity contribution in [2.45, 2.75) is 24.5 Å². The maximum Gasteiger partial charge on any atom is 0.253 e. The highest BCUT2D eigenvalue weighted by molar-refractivity contribution is 5.95. The molecule has 5 nitrogen and oxygen atoms in total. The van der Waals surface area contributed by atoms with Gasteiger partial charge in [0.2, 0.25) is 0 Å². The van der Waals surface area contributed by atoms with E-state index in [1.54, 1.807) is 48.7 Å². The van der Waals surface area contributed by atoms with Gasteiger partial charge in [-0.05, 0) is 48.7 Å². The lowest BCUT2D eigenvalue weighted by Crippen LogP contribution is -2.58. The van der Waals surface area contributed by atoms with Gasteiger partial charge in [0.1, 0.15) is 17.8 Å². The number of hydrogen-bond acceptors (Lipinski definition) is 4. The van der Waals surface area contributed by atoms with E-state index in [2.05, 4.69) is 20.6 Å². The SMILES string of the molecule is O=C(NC(NC1CC1)(c1ccc2ncncc2c1)c1ccccc1F)c1ccccc1. The van der Waals surface area contributed by atoms with E-state index in [0.717, 1.165) is 29.3 Å². The molecule has 0 aliphatic heterocycles. The molecule has 1 amide bonds. The van der Waals surface area contributed by atoms with Crippen LogP contribution in [0.2, 0.25) is 0 Å². The Bertz CT molecular complexity index is 1240. The van der Waals surface area contributed by atoms with Crippen molar-refractivity contribution in [3.8, 4) is 0 Å². The molecule has 1 aromatic heterocycles. The molecule has 0 radical (unpaired) electrons. The molecule has 1 aliphatic rings. The smallest absolute Gasteiger partial charge is 0.253 e. The summed E-state index contributed by atoms with van der Waals surface area (Å²) in [6.45, 7) is 0. The number of fused-ring (bicyclic) bond motifs is 1. The van der Waals surface area contributed by atoms with E-state index in [-0.39, 0.29) is 11.9 Å². The van der Waals surface area contributed by atoms with Gasteiger partial charge in [0, 0.05) is 28.8 Å². The van der Waals surface area contributed by atoms with Crippen LogP contribution in [0.1, 0.15) is 34.3 Å². The highest BCUT2D eigenvalue weighted by Gasteiger charge is 2.42. The minimum Gasteiger partial charge on any atom is -0.326 e. The Hall–Kier alpha value is -3.64. The van der Waals surface area contributed by atoms with Crippen LogP contribution in [0, 0.1) is 5.82 Å². The molecule has 5 rings (SSSR count). The molecule has 31 heavy (non-hydrogen) atoms. The Morgan fingerprint density at radius 3 is 2.55 bits per heavy atom. The van der Waals surface area contributed by atoms with Crippen molar-refractivity contribution >= 4 is 16.8 Å². The lowest BCUT2D eigenvalue weighted by Gasteiger charge is -2.37. The standard InChI is InChI=1S/C25H21FN4O/c26-22-9-5-4-8-21(22)25(29-20-11-12-20,30-24(31)17-6-2-1-3-7-17)19-10-13-23-18(14-19)15-27-16-28-23/h1-10,13-16,20,29H,11-12H2,(H,30,31). The Morgan fingerprint density at radius 2 is 1.77 bits per heavy atom. The molecule has 1 atom stereocenters. The summed E-state index contributed by atoms with van der Waals surface area (Å²) in [7, 11) is 0. The summed E-state index contributed by atoms with van der Waals surface area (Å²) < 4.78 is 15.2. The van der Waals surface area contributed by atoms with Gasteiger partial charge in [-0.15, -0.1) is 0 Å². The molecule has 1 saturated carbocycles. The molecule has 1 heterocycles. The van der Waals surface area contributed by atoms with Gasteiger partial charge >= 0.3 is 0 Å². The number of aromatic nitrogens is 2. The average molecular weight is 412 g/mol. The normalized spacial score (nSPS) is 15.4. The minimum absolute atomic E-state index is 0.179. The van der Waals surface area contributed by atoms with E-state index in [9.17, 15) is 4.79 Å². The van der Waals surface area contributed by atoms with E-state index in [4.69, 9.17) is 0 Å². The number of nitrogens with one attached hydrogen (secondary N) is 2. The van der Waals surface area contributed by atoms with Crippen molar-refractivity contribution in [2.24, 2.45) is 0 Å². The van der Waals surface area contributed by atoms with Gasteiger partial charge in [0.25, 0.3) is 5.91 Å². The number of rotatable bonds is 6. The third-order valence-corrected chi connectivity index (χ3v) is 5.55. The molecular weight excluding hydrogens is 391 g/mol. The highest BCUT2D eigenvalue weighted by Crippen LogP contribution is 2.35. The van der Waals surface area contributed by atoms with E-state index in [1.807, 2.05) is 24.3 Å². The first-order chi connectivity index (χ1) is 15.2. The fraction of sp³-hybridized carbons (Fsp3) is 0.160. The molecule has 2 N–H and O–H groups in total. The van der Waals surface area contributed by atoms with Crippen LogP contribution >= 0.6 is 0 Å². The van der Waals surface area contributed by atoms with Crippen LogP contribution in [-0.2, 0) is 5.66 Å². The van der Waals surface area contributed by atoms with Crippen LogP contribution < -0.4 is 10.6 Å². The predicted molar refractivity (Wildman–Crippen MR) is 117 cm³/mol. The molecule has 1 unspecified atom stereocenters. The fourth-order valence-electron chi connectivity index (χ4n) is 3.84. The quantitative estimate of drug-likeness (QED) is 0.467. The van der Waals surface area contributed by atoms with E-state index in [0.29, 0.717) is 11.1 Å². The molecule has 0 bridgehead atoms. The second kappa shape index (κ2) is 7.89. The Morgan fingerprint density at radius 1 is 1.00 bits per heavy atom. The van der Waals surface area contributed by atoms with E-state index < -0.39 is 11.5 Å². The average Bonchev–Trinajstić information content (AvgIpc) is 3.63. The first-order valence-corrected chi connectivity index (χ1v) is 10.3. The van der Waals surface area contributed by atoms with E-state index in [1.165, 1.54) is 12.4 Å². The first-order valence-electron chi connectivity index (χ1n) is 10.3. The molecular formula is C25H21FN4O. The fourth-order valence-corrected chi connectivity index (χ4v) is 3.84. The van der Waals surface area contributed by atoms with E-state index >= 15 is 4.39 Å². The van der Waals surface area contributed by atoms with Crippen molar-refractivity contribution in [1.82, 2.24) is 20.6 Å². The van der Waals surface area contributed by atoms with Gasteiger partial charge < -0.3 is 5.32 Å². The van der Waals surface area contributed by atoms with Crippen LogP contribution in [-0.4, -0.2) is 21.9 Å². The molecule has 6 heteroatoms. The second-order valence-corrected chi connectivity index (χ2v) is 7.76. The molecule has 0 saturated heterocycles. The third-order valence-electron chi connectivity index (χ3n) is 5.55. The molecule has 3 aromatic carbocycles. The van der Waals surface area contributed by atoms with Crippen LogP contribution in [0.5, 0.6) is 0 Å². The lowest BCUT2D eigenvalue weighted by atomic mass is 9.89. The van der Waals surface area contributed by atoms with Gasteiger partial charge in [0.05, 0.1) is 5.52 Å². The Labute approximate surface area is 179 Å². The Kier molecular flexibility index (Phi) is 4.92. The zero-order chi connectivity index (χ0) is 21.3. The van der Waals surface area contributed by atoms with Crippen LogP contribution in [0.3, 0.4) is 0 Å².